The quantitative estimate of drug-likeness (QED) is 0.490. The lowest BCUT2D eigenvalue weighted by Gasteiger charge is -2.17. The summed E-state index contributed by atoms with van der Waals surface area (Å²) in [6.45, 7) is 0. The molecular weight excluding hydrogens is 412 g/mol. The third kappa shape index (κ3) is 4.77. The van der Waals surface area contributed by atoms with Crippen LogP contribution in [0, 0.1) is 0 Å². The fraction of sp³-hybridized carbons (Fsp3) is 0.217. The molecule has 9 heteroatoms. The van der Waals surface area contributed by atoms with Gasteiger partial charge in [-0.1, -0.05) is 36.4 Å². The number of nitrogens with two attached hydrogens (primary N) is 1. The minimum absolute atomic E-state index is 0.117. The zero-order valence-corrected chi connectivity index (χ0v) is 18.0. The van der Waals surface area contributed by atoms with Crippen LogP contribution in [0.3, 0.4) is 0 Å². The molecule has 0 aliphatic heterocycles. The molecule has 0 spiro atoms. The van der Waals surface area contributed by atoms with Crippen LogP contribution in [0.25, 0.3) is 11.3 Å². The minimum Gasteiger partial charge on any atom is -0.493 e. The van der Waals surface area contributed by atoms with E-state index in [4.69, 9.17) is 15.2 Å². The van der Waals surface area contributed by atoms with Gasteiger partial charge in [0.1, 0.15) is 11.7 Å². The van der Waals surface area contributed by atoms with Gasteiger partial charge in [-0.3, -0.25) is 19.1 Å². The average Bonchev–Trinajstić information content (AvgIpc) is 3.19. The van der Waals surface area contributed by atoms with Gasteiger partial charge >= 0.3 is 0 Å². The number of nitrogens with one attached hydrogen (secondary N) is 1. The second-order valence-electron chi connectivity index (χ2n) is 7.05. The lowest BCUT2D eigenvalue weighted by molar-refractivity contribution is -0.137. The molecule has 32 heavy (non-hydrogen) atoms. The summed E-state index contributed by atoms with van der Waals surface area (Å²) in [6, 6.07) is 13.1. The van der Waals surface area contributed by atoms with Gasteiger partial charge in [-0.2, -0.15) is 5.10 Å². The lowest BCUT2D eigenvalue weighted by Crippen LogP contribution is -2.47. The van der Waals surface area contributed by atoms with Gasteiger partial charge in [0.2, 0.25) is 5.78 Å². The van der Waals surface area contributed by atoms with Gasteiger partial charge in [0.25, 0.3) is 11.8 Å². The maximum absolute atomic E-state index is 13.2. The number of rotatable bonds is 9. The van der Waals surface area contributed by atoms with Crippen molar-refractivity contribution >= 4 is 17.6 Å². The molecule has 0 saturated carbocycles. The Balaban J connectivity index is 1.97. The maximum atomic E-state index is 13.2. The van der Waals surface area contributed by atoms with E-state index >= 15 is 0 Å². The van der Waals surface area contributed by atoms with Crippen LogP contribution in [0.2, 0.25) is 0 Å². The first kappa shape index (κ1) is 22.5. The molecule has 1 atom stereocenters. The van der Waals surface area contributed by atoms with E-state index in [0.29, 0.717) is 22.8 Å². The van der Waals surface area contributed by atoms with Gasteiger partial charge in [0.15, 0.2) is 11.5 Å². The summed E-state index contributed by atoms with van der Waals surface area (Å²) in [5, 5.41) is 7.04. The van der Waals surface area contributed by atoms with E-state index in [1.807, 2.05) is 6.07 Å². The summed E-state index contributed by atoms with van der Waals surface area (Å²) in [4.78, 5) is 37.2. The van der Waals surface area contributed by atoms with Gasteiger partial charge in [-0.25, -0.2) is 0 Å². The number of ether oxygens (including phenoxy) is 2. The Morgan fingerprint density at radius 1 is 1.06 bits per heavy atom. The van der Waals surface area contributed by atoms with Crippen molar-refractivity contribution in [3.8, 4) is 22.8 Å². The maximum Gasteiger partial charge on any atom is 0.287 e. The van der Waals surface area contributed by atoms with E-state index in [0.717, 1.165) is 5.56 Å². The number of aromatic nitrogens is 2. The third-order valence-corrected chi connectivity index (χ3v) is 4.88. The minimum atomic E-state index is -1.12. The fourth-order valence-corrected chi connectivity index (χ4v) is 3.39. The van der Waals surface area contributed by atoms with E-state index in [2.05, 4.69) is 10.4 Å². The monoisotopic (exact) mass is 436 g/mol. The normalized spacial score (nSPS) is 11.5. The summed E-state index contributed by atoms with van der Waals surface area (Å²) in [6.07, 6.45) is 1.64. The number of para-hydroxylation sites is 1. The molecular formula is C23H24N4O5. The van der Waals surface area contributed by atoms with Crippen LogP contribution < -0.4 is 20.5 Å². The molecule has 1 heterocycles. The molecule has 1 unspecified atom stereocenters. The largest absolute Gasteiger partial charge is 0.493 e. The number of methoxy groups -OCH3 is 2. The summed E-state index contributed by atoms with van der Waals surface area (Å²) in [5.41, 5.74) is 7.07. The molecule has 0 aliphatic carbocycles. The highest BCUT2D eigenvalue weighted by Crippen LogP contribution is 2.38. The molecule has 0 fully saturated rings. The predicted molar refractivity (Wildman–Crippen MR) is 117 cm³/mol. The van der Waals surface area contributed by atoms with Crippen molar-refractivity contribution < 1.29 is 23.9 Å². The topological polar surface area (TPSA) is 126 Å². The number of Topliss-reactive ketones (excluding diaryl/α,β-unsaturated/α-hetero) is 1. The Morgan fingerprint density at radius 2 is 1.78 bits per heavy atom. The zero-order valence-electron chi connectivity index (χ0n) is 18.0. The molecule has 1 aromatic heterocycles. The number of carbonyl (C=O) groups is 3. The van der Waals surface area contributed by atoms with Gasteiger partial charge in [0, 0.05) is 25.2 Å². The molecule has 3 N–H and O–H groups in total. The number of carbonyl (C=O) groups excluding carboxylic acids is 3. The van der Waals surface area contributed by atoms with E-state index in [1.165, 1.54) is 25.1 Å². The molecule has 166 valence electrons. The van der Waals surface area contributed by atoms with E-state index in [-0.39, 0.29) is 12.0 Å². The molecule has 3 aromatic rings. The highest BCUT2D eigenvalue weighted by molar-refractivity contribution is 6.38. The summed E-state index contributed by atoms with van der Waals surface area (Å²) >= 11 is 0. The number of primary amides is 1. The van der Waals surface area contributed by atoms with Crippen molar-refractivity contribution in [3.05, 3.63) is 65.9 Å². The Bertz CT molecular complexity index is 1140. The SMILES string of the molecule is COc1cccc(-c2nn(C)cc2C(=O)NC(Cc2ccccc2)C(=O)C(N)=O)c1OC. The van der Waals surface area contributed by atoms with Gasteiger partial charge < -0.3 is 20.5 Å². The van der Waals surface area contributed by atoms with Crippen LogP contribution in [0.5, 0.6) is 11.5 Å². The highest BCUT2D eigenvalue weighted by atomic mass is 16.5. The van der Waals surface area contributed by atoms with Crippen molar-refractivity contribution in [1.29, 1.82) is 0 Å². The van der Waals surface area contributed by atoms with Crippen LogP contribution in [0.15, 0.2) is 54.7 Å². The van der Waals surface area contributed by atoms with Crippen molar-refractivity contribution in [2.45, 2.75) is 12.5 Å². The Kier molecular flexibility index (Phi) is 6.89. The van der Waals surface area contributed by atoms with Gasteiger partial charge in [0.05, 0.1) is 19.8 Å². The molecule has 2 aromatic carbocycles. The molecule has 0 radical (unpaired) electrons. The Morgan fingerprint density at radius 3 is 2.41 bits per heavy atom. The fourth-order valence-electron chi connectivity index (χ4n) is 3.39. The van der Waals surface area contributed by atoms with Crippen molar-refractivity contribution in [2.24, 2.45) is 12.8 Å². The average molecular weight is 436 g/mol. The number of benzene rings is 2. The second-order valence-corrected chi connectivity index (χ2v) is 7.05. The van der Waals surface area contributed by atoms with Crippen LogP contribution in [0.4, 0.5) is 0 Å². The number of hydrogen-bond donors (Lipinski definition) is 2. The molecule has 2 amide bonds. The highest BCUT2D eigenvalue weighted by Gasteiger charge is 2.28. The first-order valence-electron chi connectivity index (χ1n) is 9.79. The summed E-state index contributed by atoms with van der Waals surface area (Å²) < 4.78 is 12.3. The number of ketones is 1. The first-order chi connectivity index (χ1) is 15.3. The number of aryl methyl sites for hydroxylation is 1. The van der Waals surface area contributed by atoms with Crippen LogP contribution in [0.1, 0.15) is 15.9 Å². The standard InChI is InChI=1S/C23H24N4O5/c1-27-13-16(19(26-27)15-10-7-11-18(31-2)21(15)32-3)23(30)25-17(20(28)22(24)29)12-14-8-5-4-6-9-14/h4-11,13,17H,12H2,1-3H3,(H2,24,29)(H,25,30). The molecule has 9 nitrogen and oxygen atoms in total. The number of hydrogen-bond acceptors (Lipinski definition) is 6. The zero-order chi connectivity index (χ0) is 23.3. The predicted octanol–water partition coefficient (Wildman–Crippen LogP) is 1.50. The summed E-state index contributed by atoms with van der Waals surface area (Å²) in [5.74, 6) is -1.68. The smallest absolute Gasteiger partial charge is 0.287 e. The van der Waals surface area contributed by atoms with Gasteiger partial charge in [-0.05, 0) is 17.7 Å². The molecule has 0 aliphatic rings. The third-order valence-electron chi connectivity index (χ3n) is 4.88. The Hall–Kier alpha value is -4.14. The van der Waals surface area contributed by atoms with E-state index in [9.17, 15) is 14.4 Å². The van der Waals surface area contributed by atoms with Crippen molar-refractivity contribution in [2.75, 3.05) is 14.2 Å². The lowest BCUT2D eigenvalue weighted by atomic mass is 10.0. The van der Waals surface area contributed by atoms with Crippen LogP contribution in [-0.2, 0) is 23.1 Å². The van der Waals surface area contributed by atoms with Crippen molar-refractivity contribution in [3.63, 3.8) is 0 Å². The first-order valence-corrected chi connectivity index (χ1v) is 9.79. The number of nitrogens with zero attached hydrogens (tertiary/aromatic N) is 2. The van der Waals surface area contributed by atoms with Crippen LogP contribution >= 0.6 is 0 Å². The second kappa shape index (κ2) is 9.78. The van der Waals surface area contributed by atoms with Crippen molar-refractivity contribution in [1.82, 2.24) is 15.1 Å². The number of amides is 2. The summed E-state index contributed by atoms with van der Waals surface area (Å²) in [7, 11) is 4.67. The van der Waals surface area contributed by atoms with Crippen LogP contribution in [-0.4, -0.2) is 47.6 Å². The van der Waals surface area contributed by atoms with E-state index in [1.54, 1.807) is 49.5 Å². The molecule has 0 saturated heterocycles. The molecule has 0 bridgehead atoms. The van der Waals surface area contributed by atoms with E-state index < -0.39 is 23.6 Å². The van der Waals surface area contributed by atoms with Gasteiger partial charge in [-0.15, -0.1) is 0 Å². The Labute approximate surface area is 185 Å². The molecule has 3 rings (SSSR count).